The van der Waals surface area contributed by atoms with Crippen LogP contribution < -0.4 is 10.2 Å². The van der Waals surface area contributed by atoms with E-state index in [0.29, 0.717) is 46.9 Å². The van der Waals surface area contributed by atoms with Crippen molar-refractivity contribution in [3.63, 3.8) is 0 Å². The predicted molar refractivity (Wildman–Crippen MR) is 130 cm³/mol. The Morgan fingerprint density at radius 1 is 1.38 bits per heavy atom. The van der Waals surface area contributed by atoms with Crippen LogP contribution in [0.1, 0.15) is 39.2 Å². The lowest BCUT2D eigenvalue weighted by Gasteiger charge is -2.37. The number of anilines is 1. The van der Waals surface area contributed by atoms with Gasteiger partial charge >= 0.3 is 5.97 Å². The monoisotopic (exact) mass is 526 g/mol. The number of ether oxygens (including phenoxy) is 1. The van der Waals surface area contributed by atoms with Gasteiger partial charge in [-0.1, -0.05) is 41.5 Å². The van der Waals surface area contributed by atoms with E-state index < -0.39 is 5.97 Å². The van der Waals surface area contributed by atoms with Crippen molar-refractivity contribution in [1.82, 2.24) is 24.8 Å². The Kier molecular flexibility index (Phi) is 7.17. The molecule has 182 valence electrons. The summed E-state index contributed by atoms with van der Waals surface area (Å²) in [5.41, 5.74) is 1.20. The molecule has 3 N–H and O–H groups in total. The van der Waals surface area contributed by atoms with Crippen LogP contribution in [0.4, 0.5) is 5.13 Å². The molecule has 1 fully saturated rings. The Hall–Kier alpha value is -2.60. The fourth-order valence-corrected chi connectivity index (χ4v) is 5.36. The van der Waals surface area contributed by atoms with Crippen molar-refractivity contribution in [3.8, 4) is 11.5 Å². The second-order valence-corrected chi connectivity index (χ2v) is 9.90. The molecule has 0 radical (unpaired) electrons. The van der Waals surface area contributed by atoms with E-state index in [2.05, 4.69) is 20.3 Å². The van der Waals surface area contributed by atoms with Gasteiger partial charge in [-0.3, -0.25) is 4.79 Å². The number of nitrogens with one attached hydrogen (secondary N) is 2. The van der Waals surface area contributed by atoms with Gasteiger partial charge in [-0.15, -0.1) is 0 Å². The molecule has 1 saturated heterocycles. The number of thiazole rings is 1. The Balaban J connectivity index is 1.50. The molecule has 2 atom stereocenters. The summed E-state index contributed by atoms with van der Waals surface area (Å²) in [5, 5.41) is 14.0. The van der Waals surface area contributed by atoms with Gasteiger partial charge in [-0.05, 0) is 19.3 Å². The number of aryl methyl sites for hydroxylation is 1. The highest BCUT2D eigenvalue weighted by atomic mass is 35.5. The Morgan fingerprint density at radius 3 is 2.76 bits per heavy atom. The standard InChI is InChI=1S/C21H24Cl2N6O4S/c1-10-8-28(6-4-12(10)26-19(30)15-14(23)13(22)11(2)25-15)21-27-16(17(34-21)20(31)32)18-24-5-7-29(18)9-33-3/h5,7,10,12,25H,4,6,8-9H2,1-3H3,(H,26,30)(H,31,32)/t10-,12+/m0/s1. The van der Waals surface area contributed by atoms with Gasteiger partial charge in [0.15, 0.2) is 11.0 Å². The lowest BCUT2D eigenvalue weighted by Crippen LogP contribution is -2.50. The van der Waals surface area contributed by atoms with Crippen LogP contribution in [0.5, 0.6) is 0 Å². The average molecular weight is 527 g/mol. The molecule has 1 amide bonds. The number of carbonyl (C=O) groups excluding carboxylic acids is 1. The maximum absolute atomic E-state index is 12.7. The number of carbonyl (C=O) groups is 2. The van der Waals surface area contributed by atoms with E-state index in [1.165, 1.54) is 0 Å². The number of aromatic nitrogens is 4. The topological polar surface area (TPSA) is 125 Å². The molecule has 0 unspecified atom stereocenters. The van der Waals surface area contributed by atoms with Crippen LogP contribution in [0.15, 0.2) is 12.4 Å². The predicted octanol–water partition coefficient (Wildman–Crippen LogP) is 3.90. The summed E-state index contributed by atoms with van der Waals surface area (Å²) in [6.45, 7) is 5.22. The van der Waals surface area contributed by atoms with Crippen LogP contribution in [0.3, 0.4) is 0 Å². The van der Waals surface area contributed by atoms with Crippen molar-refractivity contribution in [2.45, 2.75) is 33.0 Å². The van der Waals surface area contributed by atoms with Gasteiger partial charge in [-0.2, -0.15) is 0 Å². The first-order valence-electron chi connectivity index (χ1n) is 10.5. The molecule has 0 aliphatic carbocycles. The molecule has 3 aromatic rings. The molecule has 0 saturated carbocycles. The SMILES string of the molecule is COCn1ccnc1-c1nc(N2CC[C@@H](NC(=O)c3[nH]c(C)c(Cl)c3Cl)[C@@H](C)C2)sc1C(=O)O. The second kappa shape index (κ2) is 9.95. The third kappa shape index (κ3) is 4.65. The first kappa shape index (κ1) is 24.5. The van der Waals surface area contributed by atoms with Gasteiger partial charge in [0.05, 0.1) is 10.0 Å². The van der Waals surface area contributed by atoms with Gasteiger partial charge in [0.25, 0.3) is 5.91 Å². The number of hydrogen-bond donors (Lipinski definition) is 3. The lowest BCUT2D eigenvalue weighted by molar-refractivity contribution is 0.0702. The minimum absolute atomic E-state index is 0.0822. The number of halogens is 2. The molecular weight excluding hydrogens is 503 g/mol. The number of aromatic carboxylic acids is 1. The highest BCUT2D eigenvalue weighted by molar-refractivity contribution is 7.17. The summed E-state index contributed by atoms with van der Waals surface area (Å²) in [4.78, 5) is 38.7. The number of carboxylic acids is 1. The van der Waals surface area contributed by atoms with E-state index in [1.54, 1.807) is 31.0 Å². The average Bonchev–Trinajstić information content (AvgIpc) is 3.50. The minimum Gasteiger partial charge on any atom is -0.477 e. The van der Waals surface area contributed by atoms with Crippen molar-refractivity contribution in [2.24, 2.45) is 5.92 Å². The van der Waals surface area contributed by atoms with Gasteiger partial charge in [0, 0.05) is 44.3 Å². The smallest absolute Gasteiger partial charge is 0.348 e. The van der Waals surface area contributed by atoms with Gasteiger partial charge < -0.3 is 29.6 Å². The molecule has 10 nitrogen and oxygen atoms in total. The van der Waals surface area contributed by atoms with Crippen LogP contribution >= 0.6 is 34.5 Å². The Bertz CT molecular complexity index is 1220. The normalized spacial score (nSPS) is 18.3. The summed E-state index contributed by atoms with van der Waals surface area (Å²) >= 11 is 13.4. The molecule has 0 aromatic carbocycles. The molecule has 0 spiro atoms. The second-order valence-electron chi connectivity index (χ2n) is 8.16. The van der Waals surface area contributed by atoms with E-state index in [0.717, 1.165) is 11.3 Å². The van der Waals surface area contributed by atoms with Crippen molar-refractivity contribution in [3.05, 3.63) is 38.7 Å². The molecule has 3 aromatic heterocycles. The van der Waals surface area contributed by atoms with Crippen molar-refractivity contribution < 1.29 is 19.4 Å². The van der Waals surface area contributed by atoms with Crippen molar-refractivity contribution >= 4 is 51.5 Å². The molecular formula is C21H24Cl2N6O4S. The largest absolute Gasteiger partial charge is 0.477 e. The Labute approximate surface area is 209 Å². The number of rotatable bonds is 7. The number of nitrogens with zero attached hydrogens (tertiary/aromatic N) is 4. The first-order valence-corrected chi connectivity index (χ1v) is 12.1. The van der Waals surface area contributed by atoms with E-state index >= 15 is 0 Å². The third-order valence-electron chi connectivity index (χ3n) is 5.78. The molecule has 13 heteroatoms. The van der Waals surface area contributed by atoms with Gasteiger partial charge in [-0.25, -0.2) is 14.8 Å². The number of carboxylic acid groups (broad SMARTS) is 1. The van der Waals surface area contributed by atoms with E-state index in [1.807, 2.05) is 11.8 Å². The minimum atomic E-state index is -1.06. The highest BCUT2D eigenvalue weighted by Gasteiger charge is 2.32. The van der Waals surface area contributed by atoms with E-state index in [-0.39, 0.29) is 40.2 Å². The number of aromatic amines is 1. The summed E-state index contributed by atoms with van der Waals surface area (Å²) in [5.74, 6) is -0.842. The van der Waals surface area contributed by atoms with Gasteiger partial charge in [0.1, 0.15) is 23.0 Å². The van der Waals surface area contributed by atoms with Crippen molar-refractivity contribution in [1.29, 1.82) is 0 Å². The highest BCUT2D eigenvalue weighted by Crippen LogP contribution is 2.35. The Morgan fingerprint density at radius 2 is 2.15 bits per heavy atom. The van der Waals surface area contributed by atoms with E-state index in [4.69, 9.17) is 27.9 Å². The number of methoxy groups -OCH3 is 1. The maximum Gasteiger partial charge on any atom is 0.348 e. The molecule has 4 heterocycles. The first-order chi connectivity index (χ1) is 16.2. The summed E-state index contributed by atoms with van der Waals surface area (Å²) in [6, 6.07) is -0.0822. The maximum atomic E-state index is 12.7. The molecule has 34 heavy (non-hydrogen) atoms. The third-order valence-corrected chi connectivity index (χ3v) is 7.83. The fraction of sp³-hybridized carbons (Fsp3) is 0.429. The van der Waals surface area contributed by atoms with Crippen LogP contribution in [0.25, 0.3) is 11.5 Å². The number of hydrogen-bond acceptors (Lipinski definition) is 7. The van der Waals surface area contributed by atoms with Crippen LogP contribution in [-0.4, -0.2) is 62.7 Å². The number of amides is 1. The summed E-state index contributed by atoms with van der Waals surface area (Å²) in [6.07, 6.45) is 3.96. The number of H-pyrrole nitrogens is 1. The summed E-state index contributed by atoms with van der Waals surface area (Å²) < 4.78 is 6.87. The number of piperidine rings is 1. The van der Waals surface area contributed by atoms with E-state index in [9.17, 15) is 14.7 Å². The lowest BCUT2D eigenvalue weighted by atomic mass is 9.94. The zero-order valence-corrected chi connectivity index (χ0v) is 21.1. The molecule has 0 bridgehead atoms. The zero-order valence-electron chi connectivity index (χ0n) is 18.8. The molecule has 4 rings (SSSR count). The quantitative estimate of drug-likeness (QED) is 0.426. The number of imidazole rings is 1. The van der Waals surface area contributed by atoms with Crippen LogP contribution in [0, 0.1) is 12.8 Å². The fourth-order valence-electron chi connectivity index (χ4n) is 4.01. The van der Waals surface area contributed by atoms with Crippen LogP contribution in [-0.2, 0) is 11.5 Å². The van der Waals surface area contributed by atoms with Crippen LogP contribution in [0.2, 0.25) is 10.0 Å². The zero-order chi connectivity index (χ0) is 24.6. The molecule has 1 aliphatic heterocycles. The molecule has 1 aliphatic rings. The van der Waals surface area contributed by atoms with Gasteiger partial charge in [0.2, 0.25) is 0 Å². The summed E-state index contributed by atoms with van der Waals surface area (Å²) in [7, 11) is 1.55. The van der Waals surface area contributed by atoms with Crippen molar-refractivity contribution in [2.75, 3.05) is 25.1 Å².